The Morgan fingerprint density at radius 2 is 1.70 bits per heavy atom. The van der Waals surface area contributed by atoms with Crippen molar-refractivity contribution in [2.24, 2.45) is 5.92 Å². The molecule has 2 atom stereocenters. The molecule has 1 aliphatic heterocycles. The standard InChI is InChI=1S/C28H41NO3.ClH/c1-4-5-16-28(30,25-11-13-26(14-12-25)32-19-15-23(2)3)27(24-9-7-6-8-10-24)22-29-17-20-31-21-18-29;/h6-14,23,27,30H,4-5,15-22H2,1-3H3;1H. The molecule has 0 saturated carbocycles. The number of benzene rings is 2. The second-order valence-electron chi connectivity index (χ2n) is 9.46. The van der Waals surface area contributed by atoms with E-state index in [4.69, 9.17) is 9.47 Å². The van der Waals surface area contributed by atoms with Crippen LogP contribution in [-0.2, 0) is 10.3 Å². The quantitative estimate of drug-likeness (QED) is 0.407. The van der Waals surface area contributed by atoms with Gasteiger partial charge in [0.1, 0.15) is 5.75 Å². The first-order valence-corrected chi connectivity index (χ1v) is 12.3. The van der Waals surface area contributed by atoms with Gasteiger partial charge in [0.15, 0.2) is 0 Å². The number of ether oxygens (including phenoxy) is 2. The van der Waals surface area contributed by atoms with Gasteiger partial charge in [-0.2, -0.15) is 0 Å². The highest BCUT2D eigenvalue weighted by Crippen LogP contribution is 2.42. The number of hydrogen-bond acceptors (Lipinski definition) is 4. The molecule has 0 amide bonds. The van der Waals surface area contributed by atoms with Crippen LogP contribution in [0, 0.1) is 5.92 Å². The van der Waals surface area contributed by atoms with Gasteiger partial charge < -0.3 is 14.6 Å². The van der Waals surface area contributed by atoms with Crippen molar-refractivity contribution in [2.75, 3.05) is 39.5 Å². The largest absolute Gasteiger partial charge is 0.494 e. The zero-order valence-electron chi connectivity index (χ0n) is 20.5. The number of hydrogen-bond donors (Lipinski definition) is 1. The van der Waals surface area contributed by atoms with Gasteiger partial charge in [0.2, 0.25) is 0 Å². The lowest BCUT2D eigenvalue weighted by Gasteiger charge is -2.41. The molecule has 1 saturated heterocycles. The Morgan fingerprint density at radius 1 is 1.03 bits per heavy atom. The molecule has 1 N–H and O–H groups in total. The van der Waals surface area contributed by atoms with Crippen molar-refractivity contribution in [3.63, 3.8) is 0 Å². The lowest BCUT2D eigenvalue weighted by Crippen LogP contribution is -2.45. The SMILES string of the molecule is CCCCC(O)(c1ccc(OCCC(C)C)cc1)C(CN1CCOCC1)c1ccccc1.Cl. The summed E-state index contributed by atoms with van der Waals surface area (Å²) in [6.07, 6.45) is 3.81. The van der Waals surface area contributed by atoms with E-state index >= 15 is 0 Å². The smallest absolute Gasteiger partial charge is 0.119 e. The molecule has 0 aliphatic carbocycles. The minimum absolute atomic E-state index is 0. The topological polar surface area (TPSA) is 41.9 Å². The van der Waals surface area contributed by atoms with E-state index in [0.717, 1.165) is 76.5 Å². The fraction of sp³-hybridized carbons (Fsp3) is 0.571. The highest BCUT2D eigenvalue weighted by Gasteiger charge is 2.40. The molecule has 0 spiro atoms. The maximum Gasteiger partial charge on any atom is 0.119 e. The molecular formula is C28H42ClNO3. The number of unbranched alkanes of at least 4 members (excludes halogenated alkanes) is 1. The Morgan fingerprint density at radius 3 is 2.30 bits per heavy atom. The summed E-state index contributed by atoms with van der Waals surface area (Å²) in [7, 11) is 0. The minimum Gasteiger partial charge on any atom is -0.494 e. The molecule has 1 heterocycles. The van der Waals surface area contributed by atoms with Crippen molar-refractivity contribution in [3.05, 3.63) is 65.7 Å². The van der Waals surface area contributed by atoms with Gasteiger partial charge in [-0.15, -0.1) is 12.4 Å². The third-order valence-electron chi connectivity index (χ3n) is 6.55. The Balaban J connectivity index is 0.00000385. The Hall–Kier alpha value is -1.59. The predicted octanol–water partition coefficient (Wildman–Crippen LogP) is 6.03. The van der Waals surface area contributed by atoms with Crippen molar-refractivity contribution in [2.45, 2.75) is 58.0 Å². The fourth-order valence-corrected chi connectivity index (χ4v) is 4.48. The van der Waals surface area contributed by atoms with Crippen LogP contribution in [0.4, 0.5) is 0 Å². The molecule has 33 heavy (non-hydrogen) atoms. The summed E-state index contributed by atoms with van der Waals surface area (Å²) in [5, 5.41) is 12.3. The fourth-order valence-electron chi connectivity index (χ4n) is 4.48. The Bertz CT molecular complexity index is 777. The van der Waals surface area contributed by atoms with Gasteiger partial charge in [-0.1, -0.05) is 76.1 Å². The molecule has 0 bridgehead atoms. The summed E-state index contributed by atoms with van der Waals surface area (Å²) in [5.74, 6) is 1.48. The molecule has 1 aliphatic rings. The summed E-state index contributed by atoms with van der Waals surface area (Å²) in [5.41, 5.74) is 1.23. The lowest BCUT2D eigenvalue weighted by molar-refractivity contribution is -0.0294. The molecule has 2 aromatic rings. The zero-order chi connectivity index (χ0) is 22.8. The molecule has 0 aromatic heterocycles. The van der Waals surface area contributed by atoms with E-state index < -0.39 is 5.60 Å². The Kier molecular flexibility index (Phi) is 11.7. The van der Waals surface area contributed by atoms with Gasteiger partial charge in [0.05, 0.1) is 25.4 Å². The lowest BCUT2D eigenvalue weighted by atomic mass is 9.74. The van der Waals surface area contributed by atoms with E-state index in [-0.39, 0.29) is 18.3 Å². The van der Waals surface area contributed by atoms with Crippen molar-refractivity contribution >= 4 is 12.4 Å². The normalized spacial score (nSPS) is 17.2. The first-order chi connectivity index (χ1) is 15.5. The summed E-state index contributed by atoms with van der Waals surface area (Å²) >= 11 is 0. The average Bonchev–Trinajstić information content (AvgIpc) is 2.82. The number of rotatable bonds is 12. The molecule has 5 heteroatoms. The molecule has 2 unspecified atom stereocenters. The van der Waals surface area contributed by atoms with E-state index in [0.29, 0.717) is 5.92 Å². The third kappa shape index (κ3) is 7.99. The molecule has 184 valence electrons. The number of halogens is 1. The highest BCUT2D eigenvalue weighted by atomic mass is 35.5. The minimum atomic E-state index is -0.938. The second kappa shape index (κ2) is 14.0. The summed E-state index contributed by atoms with van der Waals surface area (Å²) < 4.78 is 11.5. The van der Waals surface area contributed by atoms with Crippen LogP contribution in [0.5, 0.6) is 5.75 Å². The second-order valence-corrected chi connectivity index (χ2v) is 9.46. The van der Waals surface area contributed by atoms with Gasteiger partial charge in [0.25, 0.3) is 0 Å². The van der Waals surface area contributed by atoms with E-state index in [9.17, 15) is 5.11 Å². The van der Waals surface area contributed by atoms with Crippen LogP contribution in [0.15, 0.2) is 54.6 Å². The Labute approximate surface area is 206 Å². The molecule has 4 nitrogen and oxygen atoms in total. The molecule has 1 fully saturated rings. The van der Waals surface area contributed by atoms with Crippen molar-refractivity contribution in [3.8, 4) is 5.75 Å². The molecular weight excluding hydrogens is 434 g/mol. The van der Waals surface area contributed by atoms with E-state index in [1.807, 2.05) is 18.2 Å². The monoisotopic (exact) mass is 475 g/mol. The highest BCUT2D eigenvalue weighted by molar-refractivity contribution is 5.85. The van der Waals surface area contributed by atoms with E-state index in [1.165, 1.54) is 5.56 Å². The summed E-state index contributed by atoms with van der Waals surface area (Å²) in [6, 6.07) is 18.7. The van der Waals surface area contributed by atoms with Crippen LogP contribution in [0.3, 0.4) is 0 Å². The number of nitrogens with zero attached hydrogens (tertiary/aromatic N) is 1. The van der Waals surface area contributed by atoms with Gasteiger partial charge >= 0.3 is 0 Å². The average molecular weight is 476 g/mol. The van der Waals surface area contributed by atoms with Crippen LogP contribution in [0.2, 0.25) is 0 Å². The predicted molar refractivity (Wildman–Crippen MR) is 139 cm³/mol. The maximum absolute atomic E-state index is 12.3. The van der Waals surface area contributed by atoms with Crippen LogP contribution < -0.4 is 4.74 Å². The van der Waals surface area contributed by atoms with Crippen molar-refractivity contribution < 1.29 is 14.6 Å². The van der Waals surface area contributed by atoms with Gasteiger partial charge in [0, 0.05) is 25.6 Å². The van der Waals surface area contributed by atoms with Gasteiger partial charge in [-0.3, -0.25) is 4.90 Å². The first kappa shape index (κ1) is 27.7. The van der Waals surface area contributed by atoms with Crippen LogP contribution in [0.25, 0.3) is 0 Å². The number of morpholine rings is 1. The zero-order valence-corrected chi connectivity index (χ0v) is 21.4. The molecule has 0 radical (unpaired) electrons. The van der Waals surface area contributed by atoms with Gasteiger partial charge in [-0.25, -0.2) is 0 Å². The maximum atomic E-state index is 12.3. The van der Waals surface area contributed by atoms with Crippen LogP contribution >= 0.6 is 12.4 Å². The van der Waals surface area contributed by atoms with Crippen LogP contribution in [-0.4, -0.2) is 49.5 Å². The van der Waals surface area contributed by atoms with Crippen LogP contribution in [0.1, 0.15) is 63.5 Å². The molecule has 2 aromatic carbocycles. The first-order valence-electron chi connectivity index (χ1n) is 12.3. The van der Waals surface area contributed by atoms with E-state index in [2.05, 4.69) is 62.1 Å². The van der Waals surface area contributed by atoms with Crippen molar-refractivity contribution in [1.82, 2.24) is 4.90 Å². The third-order valence-corrected chi connectivity index (χ3v) is 6.55. The summed E-state index contributed by atoms with van der Waals surface area (Å²) in [6.45, 7) is 11.5. The summed E-state index contributed by atoms with van der Waals surface area (Å²) in [4.78, 5) is 2.43. The van der Waals surface area contributed by atoms with Crippen molar-refractivity contribution in [1.29, 1.82) is 0 Å². The molecule has 3 rings (SSSR count). The van der Waals surface area contributed by atoms with Gasteiger partial charge in [-0.05, 0) is 42.0 Å². The number of aliphatic hydroxyl groups is 1. The van der Waals surface area contributed by atoms with E-state index in [1.54, 1.807) is 0 Å².